The summed E-state index contributed by atoms with van der Waals surface area (Å²) in [4.78, 5) is 24.1. The van der Waals surface area contributed by atoms with E-state index in [1.165, 1.54) is 18.9 Å². The van der Waals surface area contributed by atoms with Crippen molar-refractivity contribution < 1.29 is 19.1 Å². The number of benzene rings is 3. The van der Waals surface area contributed by atoms with E-state index in [1.807, 2.05) is 43.3 Å². The van der Waals surface area contributed by atoms with Crippen LogP contribution in [0.1, 0.15) is 29.5 Å². The van der Waals surface area contributed by atoms with E-state index in [1.54, 1.807) is 18.2 Å². The Bertz CT molecular complexity index is 1160. The number of ether oxygens (including phenoxy) is 2. The maximum absolute atomic E-state index is 12.1. The molecular formula is C26H26BrN3O4. The highest BCUT2D eigenvalue weighted by atomic mass is 79.9. The van der Waals surface area contributed by atoms with Crippen molar-refractivity contribution in [2.24, 2.45) is 5.10 Å². The highest BCUT2D eigenvalue weighted by Crippen LogP contribution is 2.26. The fourth-order valence-corrected chi connectivity index (χ4v) is 3.49. The number of rotatable bonds is 10. The second kappa shape index (κ2) is 12.6. The van der Waals surface area contributed by atoms with E-state index < -0.39 is 0 Å². The van der Waals surface area contributed by atoms with E-state index >= 15 is 0 Å². The minimum atomic E-state index is -0.358. The van der Waals surface area contributed by atoms with Crippen molar-refractivity contribution in [1.29, 1.82) is 0 Å². The summed E-state index contributed by atoms with van der Waals surface area (Å²) in [6.07, 6.45) is 1.56. The second-order valence-electron chi connectivity index (χ2n) is 7.51. The number of hydrazone groups is 1. The second-order valence-corrected chi connectivity index (χ2v) is 8.36. The third-order valence-electron chi connectivity index (χ3n) is 4.83. The van der Waals surface area contributed by atoms with Crippen molar-refractivity contribution >= 4 is 39.6 Å². The number of para-hydroxylation sites is 2. The first-order valence-corrected chi connectivity index (χ1v) is 11.5. The average molecular weight is 524 g/mol. The lowest BCUT2D eigenvalue weighted by Gasteiger charge is -2.09. The van der Waals surface area contributed by atoms with E-state index in [0.717, 1.165) is 15.6 Å². The van der Waals surface area contributed by atoms with Crippen LogP contribution in [0, 0.1) is 6.92 Å². The summed E-state index contributed by atoms with van der Waals surface area (Å²) < 4.78 is 11.8. The summed E-state index contributed by atoms with van der Waals surface area (Å²) >= 11 is 3.50. The van der Waals surface area contributed by atoms with Crippen LogP contribution in [0.15, 0.2) is 76.3 Å². The van der Waals surface area contributed by atoms with Crippen LogP contribution in [0.4, 0.5) is 5.69 Å². The Morgan fingerprint density at radius 2 is 1.71 bits per heavy atom. The van der Waals surface area contributed by atoms with Crippen molar-refractivity contribution in [3.8, 4) is 11.5 Å². The molecule has 2 N–H and O–H groups in total. The molecule has 0 unspecified atom stereocenters. The van der Waals surface area contributed by atoms with Gasteiger partial charge < -0.3 is 14.8 Å². The Morgan fingerprint density at radius 1 is 0.971 bits per heavy atom. The summed E-state index contributed by atoms with van der Waals surface area (Å²) in [7, 11) is 1.53. The number of halogens is 1. The summed E-state index contributed by atoms with van der Waals surface area (Å²) in [5.41, 5.74) is 6.07. The predicted molar refractivity (Wildman–Crippen MR) is 136 cm³/mol. The molecule has 3 aromatic rings. The molecule has 3 aromatic carbocycles. The van der Waals surface area contributed by atoms with Crippen LogP contribution in [0.25, 0.3) is 0 Å². The molecule has 0 aliphatic carbocycles. The van der Waals surface area contributed by atoms with Crippen molar-refractivity contribution in [3.05, 3.63) is 87.9 Å². The highest BCUT2D eigenvalue weighted by molar-refractivity contribution is 9.10. The molecule has 0 bridgehead atoms. The number of carbonyl (C=O) groups is 2. The van der Waals surface area contributed by atoms with Gasteiger partial charge in [0.15, 0.2) is 0 Å². The number of nitrogens with zero attached hydrogens (tertiary/aromatic N) is 1. The lowest BCUT2D eigenvalue weighted by molar-refractivity contribution is -0.124. The Hall–Kier alpha value is -3.65. The zero-order valence-corrected chi connectivity index (χ0v) is 20.6. The highest BCUT2D eigenvalue weighted by Gasteiger charge is 2.09. The van der Waals surface area contributed by atoms with Gasteiger partial charge in [0.05, 0.1) is 23.5 Å². The predicted octanol–water partition coefficient (Wildman–Crippen LogP) is 5.21. The third kappa shape index (κ3) is 7.74. The van der Waals surface area contributed by atoms with Crippen LogP contribution < -0.4 is 20.2 Å². The van der Waals surface area contributed by atoms with E-state index in [0.29, 0.717) is 23.8 Å². The third-order valence-corrected chi connectivity index (χ3v) is 5.45. The Balaban J connectivity index is 1.43. The largest absolute Gasteiger partial charge is 0.495 e. The monoisotopic (exact) mass is 523 g/mol. The van der Waals surface area contributed by atoms with Gasteiger partial charge in [-0.3, -0.25) is 9.59 Å². The number of carbonyl (C=O) groups excluding carboxylic acids is 2. The molecule has 0 radical (unpaired) electrons. The summed E-state index contributed by atoms with van der Waals surface area (Å²) in [6, 6.07) is 20.8. The van der Waals surface area contributed by atoms with Crippen LogP contribution >= 0.6 is 15.9 Å². The Morgan fingerprint density at radius 3 is 2.44 bits per heavy atom. The number of hydrogen-bond donors (Lipinski definition) is 2. The summed E-state index contributed by atoms with van der Waals surface area (Å²) in [5, 5.41) is 6.70. The van der Waals surface area contributed by atoms with Crippen molar-refractivity contribution in [1.82, 2.24) is 5.43 Å². The van der Waals surface area contributed by atoms with E-state index in [2.05, 4.69) is 43.9 Å². The molecule has 0 spiro atoms. The smallest absolute Gasteiger partial charge is 0.240 e. The first-order valence-electron chi connectivity index (χ1n) is 10.7. The zero-order valence-electron chi connectivity index (χ0n) is 19.0. The molecule has 3 rings (SSSR count). The van der Waals surface area contributed by atoms with Crippen molar-refractivity contribution in [2.45, 2.75) is 26.4 Å². The SMILES string of the molecule is COc1ccccc1NC(=O)CCC(=O)NN=Cc1ccc(OCc2ccc(C)cc2)c(Br)c1. The number of hydrogen-bond acceptors (Lipinski definition) is 5. The van der Waals surface area contributed by atoms with Crippen LogP contribution in [0.5, 0.6) is 11.5 Å². The van der Waals surface area contributed by atoms with E-state index in [-0.39, 0.29) is 24.7 Å². The number of anilines is 1. The van der Waals surface area contributed by atoms with Crippen LogP contribution in [0.3, 0.4) is 0 Å². The molecule has 0 aliphatic rings. The molecule has 2 amide bonds. The molecule has 0 atom stereocenters. The molecule has 0 aliphatic heterocycles. The van der Waals surface area contributed by atoms with Gasteiger partial charge in [-0.1, -0.05) is 42.0 Å². The van der Waals surface area contributed by atoms with Crippen LogP contribution in [-0.4, -0.2) is 25.1 Å². The summed E-state index contributed by atoms with van der Waals surface area (Å²) in [6.45, 7) is 2.51. The van der Waals surface area contributed by atoms with Gasteiger partial charge in [-0.25, -0.2) is 5.43 Å². The van der Waals surface area contributed by atoms with E-state index in [4.69, 9.17) is 9.47 Å². The van der Waals surface area contributed by atoms with Crippen molar-refractivity contribution in [3.63, 3.8) is 0 Å². The fraction of sp³-hybridized carbons (Fsp3) is 0.192. The molecule has 0 heterocycles. The number of aryl methyl sites for hydroxylation is 1. The van der Waals surface area contributed by atoms with Gasteiger partial charge in [0.25, 0.3) is 0 Å². The van der Waals surface area contributed by atoms with Gasteiger partial charge in [0, 0.05) is 12.8 Å². The molecule has 8 heteroatoms. The average Bonchev–Trinajstić information content (AvgIpc) is 2.83. The summed E-state index contributed by atoms with van der Waals surface area (Å²) in [5.74, 6) is 0.628. The quantitative estimate of drug-likeness (QED) is 0.282. The minimum Gasteiger partial charge on any atom is -0.495 e. The lowest BCUT2D eigenvalue weighted by atomic mass is 10.2. The van der Waals surface area contributed by atoms with Gasteiger partial charge in [-0.15, -0.1) is 0 Å². The molecule has 176 valence electrons. The maximum atomic E-state index is 12.1. The van der Waals surface area contributed by atoms with Crippen LogP contribution in [0.2, 0.25) is 0 Å². The number of methoxy groups -OCH3 is 1. The first kappa shape index (κ1) is 25.0. The Kier molecular flexibility index (Phi) is 9.22. The first-order chi connectivity index (χ1) is 16.4. The zero-order chi connectivity index (χ0) is 24.3. The molecule has 7 nitrogen and oxygen atoms in total. The van der Waals surface area contributed by atoms with Gasteiger partial charge in [0.1, 0.15) is 18.1 Å². The molecule has 0 fully saturated rings. The fourth-order valence-electron chi connectivity index (χ4n) is 2.98. The van der Waals surface area contributed by atoms with Gasteiger partial charge >= 0.3 is 0 Å². The molecule has 0 aromatic heterocycles. The molecular weight excluding hydrogens is 498 g/mol. The minimum absolute atomic E-state index is 0.00774. The van der Waals surface area contributed by atoms with Gasteiger partial charge in [-0.05, 0) is 64.3 Å². The van der Waals surface area contributed by atoms with Crippen LogP contribution in [-0.2, 0) is 16.2 Å². The normalized spacial score (nSPS) is 10.7. The van der Waals surface area contributed by atoms with Crippen molar-refractivity contribution in [2.75, 3.05) is 12.4 Å². The Labute approximate surface area is 207 Å². The molecule has 0 saturated heterocycles. The topological polar surface area (TPSA) is 89.0 Å². The lowest BCUT2D eigenvalue weighted by Crippen LogP contribution is -2.20. The van der Waals surface area contributed by atoms with Gasteiger partial charge in [0.2, 0.25) is 11.8 Å². The van der Waals surface area contributed by atoms with Gasteiger partial charge in [-0.2, -0.15) is 5.10 Å². The molecule has 0 saturated carbocycles. The number of nitrogens with one attached hydrogen (secondary N) is 2. The molecule has 34 heavy (non-hydrogen) atoms. The standard InChI is InChI=1S/C26H26BrN3O4/c1-18-7-9-19(10-8-18)17-34-23-12-11-20(15-21(23)27)16-28-30-26(32)14-13-25(31)29-22-5-3-4-6-24(22)33-2/h3-12,15-16H,13-14,17H2,1-2H3,(H,29,31)(H,30,32). The number of amides is 2. The maximum Gasteiger partial charge on any atom is 0.240 e. The van der Waals surface area contributed by atoms with E-state index in [9.17, 15) is 9.59 Å².